The van der Waals surface area contributed by atoms with E-state index in [4.69, 9.17) is 25.8 Å². The minimum absolute atomic E-state index is 0.183. The lowest BCUT2D eigenvalue weighted by atomic mass is 10.3. The third-order valence-electron chi connectivity index (χ3n) is 2.59. The molecule has 0 heterocycles. The number of carbonyl (C=O) groups is 3. The van der Waals surface area contributed by atoms with Gasteiger partial charge in [0.05, 0.1) is 12.2 Å². The fraction of sp³-hybridized carbons (Fsp3) is 0.353. The maximum Gasteiger partial charge on any atom is 0.434 e. The number of hydrogen-bond donors (Lipinski definition) is 1. The molecule has 0 aliphatic rings. The highest BCUT2D eigenvalue weighted by molar-refractivity contribution is 6.30. The first kappa shape index (κ1) is 21.3. The fourth-order valence-electron chi connectivity index (χ4n) is 1.57. The summed E-state index contributed by atoms with van der Waals surface area (Å²) in [4.78, 5) is 36.2. The first-order valence-corrected chi connectivity index (χ1v) is 8.12. The molecule has 0 bridgehead atoms. The summed E-state index contributed by atoms with van der Waals surface area (Å²) >= 11 is 5.76. The summed E-state index contributed by atoms with van der Waals surface area (Å²) in [6.07, 6.45) is -2.90. The van der Waals surface area contributed by atoms with Crippen LogP contribution in [0, 0.1) is 0 Å². The molecule has 9 heteroatoms. The van der Waals surface area contributed by atoms with Crippen molar-refractivity contribution >= 4 is 29.8 Å². The summed E-state index contributed by atoms with van der Waals surface area (Å²) in [6.45, 7) is 9.95. The first-order chi connectivity index (χ1) is 12.1. The van der Waals surface area contributed by atoms with Gasteiger partial charge < -0.3 is 14.2 Å². The smallest absolute Gasteiger partial charge is 0.434 e. The van der Waals surface area contributed by atoms with Crippen LogP contribution in [0.2, 0.25) is 5.02 Å². The molecule has 0 unspecified atom stereocenters. The second-order valence-corrected chi connectivity index (χ2v) is 6.06. The summed E-state index contributed by atoms with van der Waals surface area (Å²) in [5.74, 6) is -0.791. The van der Waals surface area contributed by atoms with E-state index in [1.165, 1.54) is 24.3 Å². The number of rotatable bonds is 5. The zero-order chi connectivity index (χ0) is 19.9. The fourth-order valence-corrected chi connectivity index (χ4v) is 1.70. The molecule has 1 rings (SSSR count). The topological polar surface area (TPSA) is 94.2 Å². The quantitative estimate of drug-likeness (QED) is 0.360. The number of nitrogens with one attached hydrogen (secondary N) is 1. The molecule has 0 aliphatic heterocycles. The van der Waals surface area contributed by atoms with Crippen molar-refractivity contribution in [3.8, 4) is 5.75 Å². The first-order valence-electron chi connectivity index (χ1n) is 7.74. The number of amides is 2. The lowest BCUT2D eigenvalue weighted by Crippen LogP contribution is -2.49. The van der Waals surface area contributed by atoms with Gasteiger partial charge in [0.2, 0.25) is 0 Å². The number of hydrogen-bond acceptors (Lipinski definition) is 6. The SMILES string of the molecule is C=C(C(=O)Oc1ccc(Cl)cc1)N(NC(=O)OC(C)C)C(=O)OC(C)C. The molecule has 0 saturated carbocycles. The molecule has 8 nitrogen and oxygen atoms in total. The molecule has 1 N–H and O–H groups in total. The Bertz CT molecular complexity index is 672. The molecule has 1 aromatic carbocycles. The maximum atomic E-state index is 12.2. The zero-order valence-electron chi connectivity index (χ0n) is 14.9. The number of esters is 1. The molecule has 26 heavy (non-hydrogen) atoms. The van der Waals surface area contributed by atoms with Crippen LogP contribution in [0.15, 0.2) is 36.5 Å². The molecule has 0 atom stereocenters. The number of benzene rings is 1. The molecule has 0 aliphatic carbocycles. The standard InChI is InChI=1S/C17H21ClN2O6/c1-10(2)24-16(22)19-20(17(23)25-11(3)4)12(5)15(21)26-14-8-6-13(18)7-9-14/h6-11H,5H2,1-4H3,(H,19,22). The van der Waals surface area contributed by atoms with Gasteiger partial charge in [0.25, 0.3) is 0 Å². The average Bonchev–Trinajstić information content (AvgIpc) is 2.52. The third-order valence-corrected chi connectivity index (χ3v) is 2.85. The van der Waals surface area contributed by atoms with Crippen LogP contribution >= 0.6 is 11.6 Å². The zero-order valence-corrected chi connectivity index (χ0v) is 15.7. The lowest BCUT2D eigenvalue weighted by molar-refractivity contribution is -0.132. The Kier molecular flexibility index (Phi) is 7.92. The molecule has 0 spiro atoms. The molecule has 1 aromatic rings. The van der Waals surface area contributed by atoms with Gasteiger partial charge in [-0.05, 0) is 52.0 Å². The molecule has 2 amide bonds. The summed E-state index contributed by atoms with van der Waals surface area (Å²) in [7, 11) is 0. The molecular weight excluding hydrogens is 364 g/mol. The Morgan fingerprint density at radius 2 is 1.58 bits per heavy atom. The Morgan fingerprint density at radius 3 is 2.08 bits per heavy atom. The van der Waals surface area contributed by atoms with E-state index in [1.54, 1.807) is 27.7 Å². The van der Waals surface area contributed by atoms with E-state index in [0.717, 1.165) is 0 Å². The number of hydrazine groups is 1. The Morgan fingerprint density at radius 1 is 1.04 bits per heavy atom. The third kappa shape index (κ3) is 7.02. The normalized spacial score (nSPS) is 10.3. The summed E-state index contributed by atoms with van der Waals surface area (Å²) < 4.78 is 15.0. The molecular formula is C17H21ClN2O6. The van der Waals surface area contributed by atoms with Crippen LogP contribution in [0.25, 0.3) is 0 Å². The summed E-state index contributed by atoms with van der Waals surface area (Å²) in [6, 6.07) is 5.97. The van der Waals surface area contributed by atoms with Crippen molar-refractivity contribution in [1.29, 1.82) is 0 Å². The number of nitrogens with zero attached hydrogens (tertiary/aromatic N) is 1. The van der Waals surface area contributed by atoms with Crippen molar-refractivity contribution in [3.05, 3.63) is 41.6 Å². The van der Waals surface area contributed by atoms with Crippen LogP contribution in [0.1, 0.15) is 27.7 Å². The highest BCUT2D eigenvalue weighted by atomic mass is 35.5. The van der Waals surface area contributed by atoms with E-state index in [2.05, 4.69) is 12.0 Å². The van der Waals surface area contributed by atoms with Crippen LogP contribution < -0.4 is 10.2 Å². The van der Waals surface area contributed by atoms with Crippen molar-refractivity contribution in [2.24, 2.45) is 0 Å². The number of carbonyl (C=O) groups excluding carboxylic acids is 3. The van der Waals surface area contributed by atoms with Gasteiger partial charge >= 0.3 is 18.2 Å². The molecule has 0 aromatic heterocycles. The Labute approximate surface area is 156 Å². The van der Waals surface area contributed by atoms with Gasteiger partial charge in [-0.25, -0.2) is 19.8 Å². The minimum Gasteiger partial charge on any atom is -0.446 e. The van der Waals surface area contributed by atoms with E-state index in [9.17, 15) is 14.4 Å². The monoisotopic (exact) mass is 384 g/mol. The number of halogens is 1. The van der Waals surface area contributed by atoms with E-state index in [-0.39, 0.29) is 5.75 Å². The average molecular weight is 385 g/mol. The minimum atomic E-state index is -1.02. The van der Waals surface area contributed by atoms with Gasteiger partial charge in [-0.15, -0.1) is 0 Å². The largest absolute Gasteiger partial charge is 0.446 e. The van der Waals surface area contributed by atoms with Crippen molar-refractivity contribution < 1.29 is 28.6 Å². The van der Waals surface area contributed by atoms with Gasteiger partial charge in [0, 0.05) is 5.02 Å². The van der Waals surface area contributed by atoms with Gasteiger partial charge in [0.15, 0.2) is 0 Å². The van der Waals surface area contributed by atoms with Crippen molar-refractivity contribution in [2.75, 3.05) is 0 Å². The van der Waals surface area contributed by atoms with E-state index in [0.29, 0.717) is 10.0 Å². The van der Waals surface area contributed by atoms with E-state index in [1.807, 2.05) is 0 Å². The predicted molar refractivity (Wildman–Crippen MR) is 94.4 cm³/mol. The lowest BCUT2D eigenvalue weighted by Gasteiger charge is -2.24. The van der Waals surface area contributed by atoms with Gasteiger partial charge in [-0.2, -0.15) is 5.01 Å². The van der Waals surface area contributed by atoms with Crippen LogP contribution in [0.5, 0.6) is 5.75 Å². The maximum absolute atomic E-state index is 12.2. The molecule has 142 valence electrons. The highest BCUT2D eigenvalue weighted by Crippen LogP contribution is 2.17. The van der Waals surface area contributed by atoms with Crippen LogP contribution in [-0.4, -0.2) is 35.4 Å². The van der Waals surface area contributed by atoms with E-state index >= 15 is 0 Å². The molecule has 0 saturated heterocycles. The molecule has 0 radical (unpaired) electrons. The predicted octanol–water partition coefficient (Wildman–Crippen LogP) is 3.66. The summed E-state index contributed by atoms with van der Waals surface area (Å²) in [5.41, 5.74) is 1.64. The van der Waals surface area contributed by atoms with Crippen LogP contribution in [0.4, 0.5) is 9.59 Å². The van der Waals surface area contributed by atoms with Crippen LogP contribution in [0.3, 0.4) is 0 Å². The second kappa shape index (κ2) is 9.67. The van der Waals surface area contributed by atoms with Crippen molar-refractivity contribution in [3.63, 3.8) is 0 Å². The Hall–Kier alpha value is -2.74. The van der Waals surface area contributed by atoms with Crippen molar-refractivity contribution in [2.45, 2.75) is 39.9 Å². The van der Waals surface area contributed by atoms with Gasteiger partial charge in [-0.1, -0.05) is 18.2 Å². The summed E-state index contributed by atoms with van der Waals surface area (Å²) in [5, 5.41) is 0.993. The highest BCUT2D eigenvalue weighted by Gasteiger charge is 2.28. The second-order valence-electron chi connectivity index (χ2n) is 5.62. The van der Waals surface area contributed by atoms with E-state index < -0.39 is 36.1 Å². The van der Waals surface area contributed by atoms with Crippen molar-refractivity contribution in [1.82, 2.24) is 10.4 Å². The molecule has 0 fully saturated rings. The Balaban J connectivity index is 2.90. The van der Waals surface area contributed by atoms with Gasteiger partial charge in [0.1, 0.15) is 11.4 Å². The van der Waals surface area contributed by atoms with Crippen LogP contribution in [-0.2, 0) is 14.3 Å². The number of ether oxygens (including phenoxy) is 3. The van der Waals surface area contributed by atoms with Gasteiger partial charge in [-0.3, -0.25) is 0 Å².